The molecule has 1 N–H and O–H groups in total. The van der Waals surface area contributed by atoms with Crippen molar-refractivity contribution < 1.29 is 31.9 Å². The number of nitrogens with one attached hydrogen (secondary N) is 1. The first kappa shape index (κ1) is 33.3. The average molecular weight is 691 g/mol. The summed E-state index contributed by atoms with van der Waals surface area (Å²) in [6.45, 7) is 1.07. The number of carbonyl (C=O) groups excluding carboxylic acids is 2. The van der Waals surface area contributed by atoms with Gasteiger partial charge in [0.05, 0.1) is 24.8 Å². The fourth-order valence-corrected chi connectivity index (χ4v) is 6.87. The van der Waals surface area contributed by atoms with Crippen molar-refractivity contribution in [3.63, 3.8) is 0 Å². The van der Waals surface area contributed by atoms with Gasteiger partial charge < -0.3 is 19.7 Å². The van der Waals surface area contributed by atoms with Crippen molar-refractivity contribution in [3.05, 3.63) is 82.6 Å². The highest BCUT2D eigenvalue weighted by atomic mass is 79.9. The zero-order valence-electron chi connectivity index (χ0n) is 25.0. The van der Waals surface area contributed by atoms with Crippen LogP contribution in [0.1, 0.15) is 44.6 Å². The van der Waals surface area contributed by atoms with Gasteiger partial charge in [-0.25, -0.2) is 12.8 Å². The van der Waals surface area contributed by atoms with Crippen LogP contribution in [0.2, 0.25) is 0 Å². The van der Waals surface area contributed by atoms with Gasteiger partial charge in [0.2, 0.25) is 11.8 Å². The van der Waals surface area contributed by atoms with Crippen LogP contribution in [-0.4, -0.2) is 58.0 Å². The topological polar surface area (TPSA) is 105 Å². The highest BCUT2D eigenvalue weighted by Gasteiger charge is 2.33. The average Bonchev–Trinajstić information content (AvgIpc) is 3.03. The molecule has 2 amide bonds. The molecule has 0 heterocycles. The molecule has 3 aromatic carbocycles. The number of methoxy groups -OCH3 is 2. The maximum absolute atomic E-state index is 14.1. The minimum Gasteiger partial charge on any atom is -0.493 e. The Morgan fingerprint density at radius 3 is 2.20 bits per heavy atom. The lowest BCUT2D eigenvalue weighted by Gasteiger charge is -2.33. The number of anilines is 1. The lowest BCUT2D eigenvalue weighted by Crippen LogP contribution is -2.53. The highest BCUT2D eigenvalue weighted by molar-refractivity contribution is 9.10. The van der Waals surface area contributed by atoms with E-state index in [1.807, 2.05) is 24.3 Å². The third-order valence-electron chi connectivity index (χ3n) is 7.72. The molecule has 1 fully saturated rings. The second-order valence-corrected chi connectivity index (χ2v) is 13.5. The van der Waals surface area contributed by atoms with Crippen LogP contribution in [0.25, 0.3) is 0 Å². The summed E-state index contributed by atoms with van der Waals surface area (Å²) in [6.07, 6.45) is 4.94. The zero-order valence-corrected chi connectivity index (χ0v) is 27.4. The maximum atomic E-state index is 14.1. The molecule has 9 nitrogen and oxygen atoms in total. The van der Waals surface area contributed by atoms with Gasteiger partial charge in [-0.15, -0.1) is 0 Å². The van der Waals surface area contributed by atoms with Crippen molar-refractivity contribution in [2.24, 2.45) is 0 Å². The monoisotopic (exact) mass is 689 g/mol. The fourth-order valence-electron chi connectivity index (χ4n) is 5.18. The van der Waals surface area contributed by atoms with E-state index in [0.717, 1.165) is 58.6 Å². The smallest absolute Gasteiger partial charge is 0.264 e. The third kappa shape index (κ3) is 8.09. The van der Waals surface area contributed by atoms with Crippen LogP contribution in [0, 0.1) is 5.82 Å². The van der Waals surface area contributed by atoms with E-state index in [4.69, 9.17) is 9.47 Å². The lowest BCUT2D eigenvalue weighted by atomic mass is 9.95. The van der Waals surface area contributed by atoms with Crippen LogP contribution in [0.4, 0.5) is 10.1 Å². The van der Waals surface area contributed by atoms with E-state index < -0.39 is 34.3 Å². The molecule has 1 aliphatic carbocycles. The molecule has 0 spiro atoms. The maximum Gasteiger partial charge on any atom is 0.264 e. The number of amides is 2. The molecule has 44 heavy (non-hydrogen) atoms. The van der Waals surface area contributed by atoms with Gasteiger partial charge in [-0.2, -0.15) is 0 Å². The molecule has 12 heteroatoms. The number of nitrogens with zero attached hydrogens (tertiary/aromatic N) is 2. The van der Waals surface area contributed by atoms with E-state index in [2.05, 4.69) is 21.2 Å². The van der Waals surface area contributed by atoms with Gasteiger partial charge >= 0.3 is 0 Å². The summed E-state index contributed by atoms with van der Waals surface area (Å²) in [5.41, 5.74) is 0.840. The minimum absolute atomic E-state index is 0.0319. The number of benzene rings is 3. The van der Waals surface area contributed by atoms with Crippen molar-refractivity contribution in [1.29, 1.82) is 0 Å². The third-order valence-corrected chi connectivity index (χ3v) is 10.0. The molecular formula is C32H37BrFN3O6S. The van der Waals surface area contributed by atoms with Crippen LogP contribution in [0.15, 0.2) is 76.1 Å². The van der Waals surface area contributed by atoms with Crippen molar-refractivity contribution in [3.8, 4) is 11.5 Å². The first-order valence-corrected chi connectivity index (χ1v) is 16.6. The van der Waals surface area contributed by atoms with E-state index in [1.54, 1.807) is 6.92 Å². The molecule has 3 aromatic rings. The Hall–Kier alpha value is -3.64. The van der Waals surface area contributed by atoms with E-state index in [1.165, 1.54) is 49.5 Å². The van der Waals surface area contributed by atoms with E-state index in [-0.39, 0.29) is 34.8 Å². The Morgan fingerprint density at radius 1 is 0.955 bits per heavy atom. The molecule has 0 radical (unpaired) electrons. The molecule has 1 aliphatic rings. The Balaban J connectivity index is 1.70. The van der Waals surface area contributed by atoms with E-state index in [9.17, 15) is 22.4 Å². The van der Waals surface area contributed by atoms with Crippen molar-refractivity contribution in [2.45, 2.75) is 62.6 Å². The van der Waals surface area contributed by atoms with Gasteiger partial charge in [0, 0.05) is 23.1 Å². The standard InChI is InChI=1S/C32H37BrFN3O6S/c1-22(32(39)35-26-7-5-4-6-8-26)36(20-23-9-11-24(33)12-10-23)31(38)21-37(27-15-13-25(34)14-16-27)44(40,41)28-17-18-29(42-2)30(19-28)43-3/h9-19,22,26H,4-8,20-21H2,1-3H3,(H,35,39)/t22-/m0/s1. The Bertz CT molecular complexity index is 1550. The van der Waals surface area contributed by atoms with Crippen LogP contribution >= 0.6 is 15.9 Å². The number of hydrogen-bond acceptors (Lipinski definition) is 6. The quantitative estimate of drug-likeness (QED) is 0.263. The molecule has 4 rings (SSSR count). The molecular weight excluding hydrogens is 653 g/mol. The lowest BCUT2D eigenvalue weighted by molar-refractivity contribution is -0.139. The molecule has 0 bridgehead atoms. The van der Waals surface area contributed by atoms with Crippen LogP contribution in [-0.2, 0) is 26.2 Å². The van der Waals surface area contributed by atoms with Crippen molar-refractivity contribution in [1.82, 2.24) is 10.2 Å². The fraction of sp³-hybridized carbons (Fsp3) is 0.375. The molecule has 0 saturated heterocycles. The molecule has 0 aliphatic heterocycles. The molecule has 1 atom stereocenters. The van der Waals surface area contributed by atoms with Crippen LogP contribution in [0.5, 0.6) is 11.5 Å². The second-order valence-electron chi connectivity index (χ2n) is 10.7. The van der Waals surface area contributed by atoms with Gasteiger partial charge in [-0.3, -0.25) is 13.9 Å². The number of halogens is 2. The largest absolute Gasteiger partial charge is 0.493 e. The highest BCUT2D eigenvalue weighted by Crippen LogP contribution is 2.32. The van der Waals surface area contributed by atoms with E-state index >= 15 is 0 Å². The van der Waals surface area contributed by atoms with Crippen molar-refractivity contribution in [2.75, 3.05) is 25.1 Å². The normalized spacial score (nSPS) is 14.4. The van der Waals surface area contributed by atoms with Crippen molar-refractivity contribution >= 4 is 43.5 Å². The number of carbonyl (C=O) groups is 2. The molecule has 1 saturated carbocycles. The van der Waals surface area contributed by atoms with Gasteiger partial charge in [-0.05, 0) is 73.9 Å². The predicted octanol–water partition coefficient (Wildman–Crippen LogP) is 5.67. The number of hydrogen-bond donors (Lipinski definition) is 1. The van der Waals surface area contributed by atoms with Gasteiger partial charge in [0.15, 0.2) is 11.5 Å². The summed E-state index contributed by atoms with van der Waals surface area (Å²) in [7, 11) is -1.56. The summed E-state index contributed by atoms with van der Waals surface area (Å²) in [4.78, 5) is 28.8. The number of rotatable bonds is 12. The predicted molar refractivity (Wildman–Crippen MR) is 170 cm³/mol. The summed E-state index contributed by atoms with van der Waals surface area (Å²) in [6, 6.07) is 15.4. The van der Waals surface area contributed by atoms with E-state index in [0.29, 0.717) is 5.75 Å². The summed E-state index contributed by atoms with van der Waals surface area (Å²) >= 11 is 3.41. The van der Waals surface area contributed by atoms with Gasteiger partial charge in [0.25, 0.3) is 10.0 Å². The Morgan fingerprint density at radius 2 is 1.59 bits per heavy atom. The zero-order chi connectivity index (χ0) is 31.9. The molecule has 236 valence electrons. The SMILES string of the molecule is COc1ccc(S(=O)(=O)N(CC(=O)N(Cc2ccc(Br)cc2)[C@@H](C)C(=O)NC2CCCCC2)c2ccc(F)cc2)cc1OC. The summed E-state index contributed by atoms with van der Waals surface area (Å²) in [5.74, 6) is -0.961. The van der Waals surface area contributed by atoms with Gasteiger partial charge in [0.1, 0.15) is 18.4 Å². The Kier molecular flexibility index (Phi) is 11.3. The molecule has 0 unspecified atom stereocenters. The minimum atomic E-state index is -4.38. The Labute approximate surface area is 266 Å². The molecule has 0 aromatic heterocycles. The second kappa shape index (κ2) is 14.9. The first-order valence-electron chi connectivity index (χ1n) is 14.4. The summed E-state index contributed by atoms with van der Waals surface area (Å²) < 4.78 is 54.4. The number of ether oxygens (including phenoxy) is 2. The number of sulfonamides is 1. The van der Waals surface area contributed by atoms with Crippen LogP contribution < -0.4 is 19.1 Å². The van der Waals surface area contributed by atoms with Crippen LogP contribution in [0.3, 0.4) is 0 Å². The summed E-state index contributed by atoms with van der Waals surface area (Å²) in [5, 5.41) is 3.08. The van der Waals surface area contributed by atoms with Gasteiger partial charge in [-0.1, -0.05) is 47.3 Å². The first-order chi connectivity index (χ1) is 21.0.